The molecule has 2 aliphatic rings. The largest absolute Gasteiger partial charge is 0.456 e. The van der Waals surface area contributed by atoms with E-state index in [2.05, 4.69) is 31.4 Å². The molecule has 0 bridgehead atoms. The van der Waals surface area contributed by atoms with Gasteiger partial charge < -0.3 is 15.4 Å². The summed E-state index contributed by atoms with van der Waals surface area (Å²) in [7, 11) is 0. The number of ether oxygens (including phenoxy) is 1. The zero-order valence-corrected chi connectivity index (χ0v) is 17.7. The van der Waals surface area contributed by atoms with Gasteiger partial charge in [-0.2, -0.15) is 0 Å². The Hall–Kier alpha value is -2.90. The Bertz CT molecular complexity index is 835. The number of urea groups is 1. The number of carbonyl (C=O) groups is 4. The number of nitrogens with zero attached hydrogens (tertiary/aromatic N) is 1. The van der Waals surface area contributed by atoms with Crippen molar-refractivity contribution in [3.63, 3.8) is 0 Å². The highest BCUT2D eigenvalue weighted by Crippen LogP contribution is 2.35. The molecule has 30 heavy (non-hydrogen) atoms. The summed E-state index contributed by atoms with van der Waals surface area (Å²) in [6, 6.07) is 7.02. The van der Waals surface area contributed by atoms with Gasteiger partial charge in [-0.15, -0.1) is 0 Å². The van der Waals surface area contributed by atoms with Crippen LogP contribution in [-0.4, -0.2) is 47.4 Å². The number of benzene rings is 1. The van der Waals surface area contributed by atoms with E-state index in [0.29, 0.717) is 18.5 Å². The van der Waals surface area contributed by atoms with Crippen LogP contribution in [0.3, 0.4) is 0 Å². The average Bonchev–Trinajstić information content (AvgIpc) is 3.24. The van der Waals surface area contributed by atoms with Crippen LogP contribution in [0.5, 0.6) is 0 Å². The summed E-state index contributed by atoms with van der Waals surface area (Å²) < 4.78 is 4.98. The minimum atomic E-state index is -0.788. The van der Waals surface area contributed by atoms with Gasteiger partial charge in [0.15, 0.2) is 6.61 Å². The third-order valence-electron chi connectivity index (χ3n) is 5.64. The van der Waals surface area contributed by atoms with Crippen LogP contribution in [0.2, 0.25) is 0 Å². The Kier molecular flexibility index (Phi) is 6.14. The monoisotopic (exact) mass is 415 g/mol. The highest BCUT2D eigenvalue weighted by Gasteiger charge is 2.52. The standard InChI is InChI=1S/C22H29N3O5/c1-21(2,3)15-6-8-16(9-7-15)23-17(26)14-30-18(27)10-13-25-19(28)22(24-20(25)29)11-4-5-12-22/h6-9H,4-5,10-14H2,1-3H3,(H,23,26)(H,24,29). The van der Waals surface area contributed by atoms with Crippen molar-refractivity contribution in [3.8, 4) is 0 Å². The minimum Gasteiger partial charge on any atom is -0.456 e. The van der Waals surface area contributed by atoms with E-state index in [0.717, 1.165) is 23.3 Å². The molecule has 1 aliphatic carbocycles. The first-order valence-corrected chi connectivity index (χ1v) is 10.3. The number of nitrogens with one attached hydrogen (secondary N) is 2. The molecule has 1 spiro atoms. The van der Waals surface area contributed by atoms with Gasteiger partial charge >= 0.3 is 12.0 Å². The Morgan fingerprint density at radius 2 is 1.77 bits per heavy atom. The van der Waals surface area contributed by atoms with Crippen LogP contribution in [0.1, 0.15) is 58.4 Å². The molecule has 2 N–H and O–H groups in total. The van der Waals surface area contributed by atoms with Crippen LogP contribution in [0.15, 0.2) is 24.3 Å². The first-order chi connectivity index (χ1) is 14.1. The van der Waals surface area contributed by atoms with E-state index in [1.807, 2.05) is 12.1 Å². The second-order valence-electron chi connectivity index (χ2n) is 8.96. The van der Waals surface area contributed by atoms with Crippen LogP contribution in [0.4, 0.5) is 10.5 Å². The predicted octanol–water partition coefficient (Wildman–Crippen LogP) is 2.72. The second-order valence-corrected chi connectivity index (χ2v) is 8.96. The lowest BCUT2D eigenvalue weighted by atomic mass is 9.87. The molecule has 162 valence electrons. The summed E-state index contributed by atoms with van der Waals surface area (Å²) in [5.41, 5.74) is 0.990. The maximum Gasteiger partial charge on any atom is 0.325 e. The molecular weight excluding hydrogens is 386 g/mol. The van der Waals surface area contributed by atoms with Gasteiger partial charge in [0.25, 0.3) is 11.8 Å². The Balaban J connectivity index is 1.42. The fraction of sp³-hybridized carbons (Fsp3) is 0.545. The number of hydrogen-bond donors (Lipinski definition) is 2. The van der Waals surface area contributed by atoms with Crippen molar-refractivity contribution < 1.29 is 23.9 Å². The average molecular weight is 415 g/mol. The Labute approximate surface area is 176 Å². The molecule has 0 unspecified atom stereocenters. The maximum absolute atomic E-state index is 12.5. The summed E-state index contributed by atoms with van der Waals surface area (Å²) in [6.45, 7) is 5.83. The minimum absolute atomic E-state index is 0.0170. The number of amides is 4. The summed E-state index contributed by atoms with van der Waals surface area (Å²) in [4.78, 5) is 49.7. The molecule has 4 amide bonds. The lowest BCUT2D eigenvalue weighted by Gasteiger charge is -2.19. The molecule has 2 fully saturated rings. The topological polar surface area (TPSA) is 105 Å². The number of esters is 1. The van der Waals surface area contributed by atoms with Crippen molar-refractivity contribution >= 4 is 29.5 Å². The third-order valence-corrected chi connectivity index (χ3v) is 5.64. The van der Waals surface area contributed by atoms with E-state index in [4.69, 9.17) is 4.74 Å². The van der Waals surface area contributed by atoms with E-state index in [9.17, 15) is 19.2 Å². The van der Waals surface area contributed by atoms with Crippen molar-refractivity contribution in [2.45, 2.75) is 63.8 Å². The highest BCUT2D eigenvalue weighted by molar-refractivity contribution is 6.07. The zero-order chi connectivity index (χ0) is 21.9. The van der Waals surface area contributed by atoms with Gasteiger partial charge in [-0.05, 0) is 36.0 Å². The molecule has 8 heteroatoms. The fourth-order valence-electron chi connectivity index (χ4n) is 3.87. The summed E-state index contributed by atoms with van der Waals surface area (Å²) in [5.74, 6) is -1.36. The van der Waals surface area contributed by atoms with Crippen LogP contribution in [-0.2, 0) is 24.5 Å². The Morgan fingerprint density at radius 1 is 1.13 bits per heavy atom. The van der Waals surface area contributed by atoms with E-state index in [1.165, 1.54) is 0 Å². The number of imide groups is 1. The molecule has 1 saturated heterocycles. The van der Waals surface area contributed by atoms with Gasteiger partial charge in [0.05, 0.1) is 6.42 Å². The molecule has 1 saturated carbocycles. The molecule has 1 heterocycles. The van der Waals surface area contributed by atoms with Gasteiger partial charge in [0, 0.05) is 12.2 Å². The van der Waals surface area contributed by atoms with E-state index in [-0.39, 0.29) is 24.3 Å². The summed E-state index contributed by atoms with van der Waals surface area (Å²) in [5, 5.41) is 5.44. The predicted molar refractivity (Wildman–Crippen MR) is 111 cm³/mol. The molecule has 0 radical (unpaired) electrons. The van der Waals surface area contributed by atoms with Gasteiger partial charge in [-0.3, -0.25) is 19.3 Å². The molecule has 8 nitrogen and oxygen atoms in total. The third kappa shape index (κ3) is 4.80. The van der Waals surface area contributed by atoms with Crippen LogP contribution in [0.25, 0.3) is 0 Å². The SMILES string of the molecule is CC(C)(C)c1ccc(NC(=O)COC(=O)CCN2C(=O)NC3(CCCC3)C2=O)cc1. The summed E-state index contributed by atoms with van der Waals surface area (Å²) in [6.07, 6.45) is 2.92. The number of carbonyl (C=O) groups excluding carboxylic acids is 4. The smallest absolute Gasteiger partial charge is 0.325 e. The van der Waals surface area contributed by atoms with Crippen molar-refractivity contribution in [1.29, 1.82) is 0 Å². The molecular formula is C22H29N3O5. The normalized spacial score (nSPS) is 17.9. The maximum atomic E-state index is 12.5. The number of rotatable bonds is 6. The quantitative estimate of drug-likeness (QED) is 0.549. The molecule has 1 aliphatic heterocycles. The van der Waals surface area contributed by atoms with Crippen LogP contribution < -0.4 is 10.6 Å². The number of anilines is 1. The fourth-order valence-corrected chi connectivity index (χ4v) is 3.87. The Morgan fingerprint density at radius 3 is 2.37 bits per heavy atom. The van der Waals surface area contributed by atoms with Crippen LogP contribution in [0, 0.1) is 0 Å². The molecule has 3 rings (SSSR count). The zero-order valence-electron chi connectivity index (χ0n) is 17.7. The highest BCUT2D eigenvalue weighted by atomic mass is 16.5. The van der Waals surface area contributed by atoms with Crippen LogP contribution >= 0.6 is 0 Å². The van der Waals surface area contributed by atoms with Gasteiger partial charge in [-0.1, -0.05) is 45.7 Å². The van der Waals surface area contributed by atoms with Gasteiger partial charge in [0.2, 0.25) is 0 Å². The summed E-state index contributed by atoms with van der Waals surface area (Å²) >= 11 is 0. The van der Waals surface area contributed by atoms with Crippen molar-refractivity contribution in [2.75, 3.05) is 18.5 Å². The molecule has 0 atom stereocenters. The molecule has 1 aromatic rings. The first kappa shape index (κ1) is 21.8. The van der Waals surface area contributed by atoms with Crippen molar-refractivity contribution in [1.82, 2.24) is 10.2 Å². The van der Waals surface area contributed by atoms with E-state index >= 15 is 0 Å². The second kappa shape index (κ2) is 8.45. The van der Waals surface area contributed by atoms with Gasteiger partial charge in [0.1, 0.15) is 5.54 Å². The number of hydrogen-bond acceptors (Lipinski definition) is 5. The lowest BCUT2D eigenvalue weighted by molar-refractivity contribution is -0.147. The molecule has 0 aromatic heterocycles. The first-order valence-electron chi connectivity index (χ1n) is 10.3. The van der Waals surface area contributed by atoms with E-state index < -0.39 is 30.1 Å². The lowest BCUT2D eigenvalue weighted by Crippen LogP contribution is -2.44. The van der Waals surface area contributed by atoms with Gasteiger partial charge in [-0.25, -0.2) is 4.79 Å². The van der Waals surface area contributed by atoms with Crippen molar-refractivity contribution in [2.24, 2.45) is 0 Å². The van der Waals surface area contributed by atoms with E-state index in [1.54, 1.807) is 12.1 Å². The van der Waals surface area contributed by atoms with Crippen molar-refractivity contribution in [3.05, 3.63) is 29.8 Å². The molecule has 1 aromatic carbocycles.